The number of pyridine rings is 1. The minimum absolute atomic E-state index is 0.0813. The lowest BCUT2D eigenvalue weighted by molar-refractivity contribution is -0.909. The molecule has 0 unspecified atom stereocenters. The normalized spacial score (nSPS) is 11.2. The van der Waals surface area contributed by atoms with E-state index in [1.54, 1.807) is 24.3 Å². The number of rotatable bonds is 5. The maximum atomic E-state index is 12.3. The van der Waals surface area contributed by atoms with E-state index in [9.17, 15) is 23.2 Å². The van der Waals surface area contributed by atoms with Gasteiger partial charge in [0, 0.05) is 27.8 Å². The van der Waals surface area contributed by atoms with Gasteiger partial charge >= 0.3 is 6.36 Å². The van der Waals surface area contributed by atoms with Crippen LogP contribution in [0.2, 0.25) is 0 Å². The highest BCUT2D eigenvalue weighted by molar-refractivity contribution is 7.13. The Kier molecular flexibility index (Phi) is 5.26. The molecule has 0 fully saturated rings. The van der Waals surface area contributed by atoms with Gasteiger partial charge in [0.15, 0.2) is 0 Å². The molecule has 2 N–H and O–H groups in total. The minimum atomic E-state index is -4.78. The number of nitrogens with zero attached hydrogens (tertiary/aromatic N) is 2. The van der Waals surface area contributed by atoms with E-state index in [0.29, 0.717) is 16.3 Å². The number of amides is 1. The van der Waals surface area contributed by atoms with Crippen molar-refractivity contribution in [3.63, 3.8) is 0 Å². The van der Waals surface area contributed by atoms with Gasteiger partial charge in [0.2, 0.25) is 6.20 Å². The topological polar surface area (TPSA) is 75.3 Å². The lowest BCUT2D eigenvalue weighted by atomic mass is 10.2. The third kappa shape index (κ3) is 4.94. The summed E-state index contributed by atoms with van der Waals surface area (Å²) in [6, 6.07) is 10.4. The number of aromatic nitrogens is 2. The average Bonchev–Trinajstić information content (AvgIpc) is 3.10. The van der Waals surface area contributed by atoms with Crippen LogP contribution in [-0.2, 0) is 6.54 Å². The number of hydrogen-bond donors (Lipinski definition) is 2. The van der Waals surface area contributed by atoms with Gasteiger partial charge in [0.1, 0.15) is 23.0 Å². The van der Waals surface area contributed by atoms with Crippen LogP contribution in [0.5, 0.6) is 5.75 Å². The van der Waals surface area contributed by atoms with Crippen LogP contribution in [0.25, 0.3) is 10.6 Å². The second-order valence-electron chi connectivity index (χ2n) is 5.33. The van der Waals surface area contributed by atoms with E-state index in [1.165, 1.54) is 29.8 Å². The van der Waals surface area contributed by atoms with Crippen LogP contribution < -0.4 is 14.8 Å². The van der Waals surface area contributed by atoms with Gasteiger partial charge in [0.25, 0.3) is 11.6 Å². The lowest BCUT2D eigenvalue weighted by Crippen LogP contribution is -2.38. The third-order valence-electron chi connectivity index (χ3n) is 3.40. The summed E-state index contributed by atoms with van der Waals surface area (Å²) in [7, 11) is 0. The highest BCUT2D eigenvalue weighted by Crippen LogP contribution is 2.29. The molecule has 0 radical (unpaired) electrons. The summed E-state index contributed by atoms with van der Waals surface area (Å²) in [4.78, 5) is 16.4. The summed E-state index contributed by atoms with van der Waals surface area (Å²) in [5, 5.41) is 14.1. The van der Waals surface area contributed by atoms with Crippen molar-refractivity contribution in [1.29, 1.82) is 0 Å². The molecule has 0 saturated heterocycles. The van der Waals surface area contributed by atoms with Crippen molar-refractivity contribution in [2.24, 2.45) is 0 Å². The molecule has 3 rings (SSSR count). The largest absolute Gasteiger partial charge is 0.573 e. The molecule has 2 heterocycles. The van der Waals surface area contributed by atoms with Crippen molar-refractivity contribution >= 4 is 17.2 Å². The summed E-state index contributed by atoms with van der Waals surface area (Å²) in [6.45, 7) is 0.0813. The molecule has 1 aromatic carbocycles. The standard InChI is InChI=1S/C17H12F3N3O3S/c18-17(19,20)26-13-6-3-4-11(8-13)16-22-14(10-27-16)15(24)21-9-12-5-1-2-7-23(12)25/h1-8,10H,9H2,(H-,21,24,25)/p+1. The molecule has 0 aliphatic carbocycles. The number of benzene rings is 1. The molecule has 0 spiro atoms. The van der Waals surface area contributed by atoms with Crippen molar-refractivity contribution in [2.45, 2.75) is 12.9 Å². The van der Waals surface area contributed by atoms with Crippen molar-refractivity contribution in [3.8, 4) is 16.3 Å². The fourth-order valence-electron chi connectivity index (χ4n) is 2.21. The number of carbonyl (C=O) groups is 1. The summed E-state index contributed by atoms with van der Waals surface area (Å²) < 4.78 is 41.8. The zero-order valence-corrected chi connectivity index (χ0v) is 14.4. The first-order chi connectivity index (χ1) is 12.8. The summed E-state index contributed by atoms with van der Waals surface area (Å²) in [5.74, 6) is -0.832. The SMILES string of the molecule is O=C(NCc1cccc[n+]1O)c1csc(-c2cccc(OC(F)(F)F)c2)n1. The second-order valence-corrected chi connectivity index (χ2v) is 6.19. The predicted octanol–water partition coefficient (Wildman–Crippen LogP) is 3.16. The lowest BCUT2D eigenvalue weighted by Gasteiger charge is -2.09. The number of halogens is 3. The molecule has 0 aliphatic rings. The van der Waals surface area contributed by atoms with E-state index in [4.69, 9.17) is 0 Å². The van der Waals surface area contributed by atoms with E-state index >= 15 is 0 Å². The number of nitrogens with one attached hydrogen (secondary N) is 1. The molecule has 140 valence electrons. The Bertz CT molecular complexity index is 960. The van der Waals surface area contributed by atoms with E-state index in [0.717, 1.165) is 16.1 Å². The first kappa shape index (κ1) is 18.6. The Morgan fingerprint density at radius 2 is 2.07 bits per heavy atom. The first-order valence-electron chi connectivity index (χ1n) is 7.60. The van der Waals surface area contributed by atoms with Gasteiger partial charge in [-0.2, -0.15) is 0 Å². The number of ether oxygens (including phenoxy) is 1. The second kappa shape index (κ2) is 7.62. The first-order valence-corrected chi connectivity index (χ1v) is 8.48. The van der Waals surface area contributed by atoms with Crippen LogP contribution in [0, 0.1) is 0 Å². The zero-order chi connectivity index (χ0) is 19.4. The van der Waals surface area contributed by atoms with Crippen molar-refractivity contribution < 1.29 is 32.6 Å². The van der Waals surface area contributed by atoms with Crippen LogP contribution in [-0.4, -0.2) is 22.5 Å². The van der Waals surface area contributed by atoms with Gasteiger partial charge in [-0.3, -0.25) is 10.0 Å². The van der Waals surface area contributed by atoms with Crippen molar-refractivity contribution in [1.82, 2.24) is 10.3 Å². The zero-order valence-electron chi connectivity index (χ0n) is 13.6. The predicted molar refractivity (Wildman–Crippen MR) is 89.2 cm³/mol. The van der Waals surface area contributed by atoms with E-state index in [2.05, 4.69) is 15.0 Å². The molecule has 10 heteroatoms. The van der Waals surface area contributed by atoms with Crippen LogP contribution >= 0.6 is 11.3 Å². The van der Waals surface area contributed by atoms with Gasteiger partial charge in [-0.05, 0) is 18.2 Å². The molecule has 1 amide bonds. The van der Waals surface area contributed by atoms with Crippen molar-refractivity contribution in [3.05, 3.63) is 65.4 Å². The molecular formula is C17H13F3N3O3S+. The molecule has 3 aromatic rings. The molecule has 0 atom stereocenters. The Labute approximate surface area is 155 Å². The van der Waals surface area contributed by atoms with Gasteiger partial charge in [-0.1, -0.05) is 12.1 Å². The average molecular weight is 396 g/mol. The van der Waals surface area contributed by atoms with Crippen LogP contribution in [0.15, 0.2) is 54.0 Å². The Morgan fingerprint density at radius 1 is 1.26 bits per heavy atom. The molecule has 0 aliphatic heterocycles. The molecule has 0 bridgehead atoms. The minimum Gasteiger partial charge on any atom is -0.406 e. The van der Waals surface area contributed by atoms with E-state index in [1.807, 2.05) is 0 Å². The summed E-state index contributed by atoms with van der Waals surface area (Å²) >= 11 is 1.12. The maximum absolute atomic E-state index is 12.3. The van der Waals surface area contributed by atoms with Crippen molar-refractivity contribution in [2.75, 3.05) is 0 Å². The molecule has 27 heavy (non-hydrogen) atoms. The number of hydrogen-bond acceptors (Lipinski definition) is 5. The Balaban J connectivity index is 1.70. The van der Waals surface area contributed by atoms with Gasteiger partial charge < -0.3 is 10.1 Å². The Morgan fingerprint density at radius 3 is 2.81 bits per heavy atom. The molecule has 6 nitrogen and oxygen atoms in total. The number of alkyl halides is 3. The van der Waals surface area contributed by atoms with Crippen LogP contribution in [0.4, 0.5) is 13.2 Å². The number of carbonyl (C=O) groups excluding carboxylic acids is 1. The van der Waals surface area contributed by atoms with Gasteiger partial charge in [-0.25, -0.2) is 4.98 Å². The molecule has 0 saturated carbocycles. The fourth-order valence-corrected chi connectivity index (χ4v) is 3.01. The molecule has 2 aromatic heterocycles. The highest BCUT2D eigenvalue weighted by atomic mass is 32.1. The maximum Gasteiger partial charge on any atom is 0.573 e. The van der Waals surface area contributed by atoms with E-state index in [-0.39, 0.29) is 18.0 Å². The highest BCUT2D eigenvalue weighted by Gasteiger charge is 2.31. The Hall–Kier alpha value is -3.14. The monoisotopic (exact) mass is 396 g/mol. The summed E-state index contributed by atoms with van der Waals surface area (Å²) in [5.41, 5.74) is 0.993. The van der Waals surface area contributed by atoms with Crippen LogP contribution in [0.1, 0.15) is 16.2 Å². The van der Waals surface area contributed by atoms with Crippen LogP contribution in [0.3, 0.4) is 0 Å². The van der Waals surface area contributed by atoms with Gasteiger partial charge in [0.05, 0.1) is 0 Å². The number of thiazole rings is 1. The fraction of sp³-hybridized carbons (Fsp3) is 0.118. The van der Waals surface area contributed by atoms with Gasteiger partial charge in [-0.15, -0.1) is 24.5 Å². The smallest absolute Gasteiger partial charge is 0.406 e. The molecular weight excluding hydrogens is 383 g/mol. The summed E-state index contributed by atoms with van der Waals surface area (Å²) in [6.07, 6.45) is -3.36. The van der Waals surface area contributed by atoms with E-state index < -0.39 is 12.3 Å². The quantitative estimate of drug-likeness (QED) is 0.513. The third-order valence-corrected chi connectivity index (χ3v) is 4.29.